The molecule has 14 N–H and O–H groups in total. The predicted molar refractivity (Wildman–Crippen MR) is 537 cm³/mol. The van der Waals surface area contributed by atoms with Crippen molar-refractivity contribution in [1.29, 1.82) is 0 Å². The summed E-state index contributed by atoms with van der Waals surface area (Å²) in [5.41, 5.74) is 15.5. The number of carboxylic acid groups (broad SMARTS) is 2. The minimum Gasteiger partial charge on any atom is -0.481 e. The van der Waals surface area contributed by atoms with Gasteiger partial charge >= 0.3 is 18.0 Å². The summed E-state index contributed by atoms with van der Waals surface area (Å²) in [6, 6.07) is 1.27. The number of rotatable bonds is 6. The van der Waals surface area contributed by atoms with Gasteiger partial charge in [-0.2, -0.15) is 0 Å². The second-order valence-corrected chi connectivity index (χ2v) is 48.7. The summed E-state index contributed by atoms with van der Waals surface area (Å²) in [6.07, 6.45) is 9.61. The number of nitrogens with one attached hydrogen (secondary N) is 4. The number of ether oxygens (including phenoxy) is 3. The van der Waals surface area contributed by atoms with E-state index in [4.69, 9.17) is 41.4 Å². The van der Waals surface area contributed by atoms with Crippen molar-refractivity contribution in [2.45, 2.75) is 397 Å². The SMILES string of the molecule is CC(C)(C)N1CC(C(=O)O)C1.CC(C)(C)N1CC(N)C1.CC(C)(C)N1CCCC(N)C1.CC(C)(C)N1CCCNCC1.CC(C)(C)N1CCNC(CO)C1.CC(C)(C)N1CCNCC(O)C1.CC(C)(C)N1CCOC(C(=O)O)C1.CC(C)(C)N1CCOC(CO)C1.CC1=CCN(C(C)(C)C)CC1.CC1CCN(C(C)(C)C)CC1.COC(=O)NC1CC(CO)N(C(C)(C)C)C1. The quantitative estimate of drug-likeness (QED) is 0.110. The number of morpholine rings is 2. The van der Waals surface area contributed by atoms with Gasteiger partial charge in [-0.3, -0.25) is 58.7 Å². The van der Waals surface area contributed by atoms with E-state index in [-0.39, 0.29) is 89.3 Å². The van der Waals surface area contributed by atoms with Gasteiger partial charge < -0.3 is 77.6 Å². The van der Waals surface area contributed by atoms with E-state index in [9.17, 15) is 24.6 Å². The number of nitrogens with zero attached hydrogens (tertiary/aromatic N) is 11. The lowest BCUT2D eigenvalue weighted by Crippen LogP contribution is -2.62. The van der Waals surface area contributed by atoms with Gasteiger partial charge in [-0.05, 0) is 319 Å². The maximum Gasteiger partial charge on any atom is 0.407 e. The molecule has 0 aromatic heterocycles. The van der Waals surface area contributed by atoms with E-state index in [0.717, 1.165) is 124 Å². The third-order valence-corrected chi connectivity index (χ3v) is 26.2. The Kier molecular flexibility index (Phi) is 54.7. The van der Waals surface area contributed by atoms with Crippen LogP contribution in [0.15, 0.2) is 11.6 Å². The van der Waals surface area contributed by atoms with E-state index in [1.54, 1.807) is 5.57 Å². The molecule has 10 saturated heterocycles. The molecule has 0 spiro atoms. The number of likely N-dealkylation sites (tertiary alicyclic amines) is 5. The molecule has 29 nitrogen and oxygen atoms in total. The Labute approximate surface area is 790 Å². The van der Waals surface area contributed by atoms with Crippen LogP contribution >= 0.6 is 0 Å². The molecule has 11 aliphatic rings. The largest absolute Gasteiger partial charge is 0.481 e. The van der Waals surface area contributed by atoms with Crippen molar-refractivity contribution in [3.63, 3.8) is 0 Å². The molecule has 10 fully saturated rings. The van der Waals surface area contributed by atoms with Gasteiger partial charge in [0, 0.05) is 229 Å². The van der Waals surface area contributed by atoms with Gasteiger partial charge in [0.1, 0.15) is 0 Å². The second-order valence-electron chi connectivity index (χ2n) is 48.7. The fraction of sp³-hybridized carbons (Fsp3) is 0.950. The van der Waals surface area contributed by atoms with Crippen molar-refractivity contribution < 1.29 is 59.2 Å². The number of aliphatic hydroxyl groups excluding tert-OH is 4. The van der Waals surface area contributed by atoms with E-state index in [1.807, 2.05) is 0 Å². The number of β-amino-alcohol motifs (C(OH)–C–C–N with tert-alkyl or cyclic N) is 1. The summed E-state index contributed by atoms with van der Waals surface area (Å²) in [5, 5.41) is 66.8. The predicted octanol–water partition coefficient (Wildman–Crippen LogP) is 10.2. The van der Waals surface area contributed by atoms with Crippen LogP contribution in [-0.4, -0.2) is 422 Å². The van der Waals surface area contributed by atoms with Crippen LogP contribution in [0, 0.1) is 11.8 Å². The van der Waals surface area contributed by atoms with Crippen LogP contribution in [0.5, 0.6) is 0 Å². The highest BCUT2D eigenvalue weighted by Crippen LogP contribution is 2.30. The number of carboxylic acids is 2. The number of nitrogens with two attached hydrogens (primary N) is 2. The van der Waals surface area contributed by atoms with Crippen LogP contribution in [0.3, 0.4) is 0 Å². The van der Waals surface area contributed by atoms with Gasteiger partial charge in [0.2, 0.25) is 0 Å². The Morgan fingerprint density at radius 3 is 1.29 bits per heavy atom. The molecule has 0 bridgehead atoms. The van der Waals surface area contributed by atoms with Gasteiger partial charge in [0.05, 0.1) is 58.3 Å². The zero-order chi connectivity index (χ0) is 99.5. The molecular formula is C100H209N17O12. The lowest BCUT2D eigenvalue weighted by atomic mass is 9.93. The molecule has 11 rings (SSSR count). The molecule has 11 heterocycles. The Morgan fingerprint density at radius 1 is 0.442 bits per heavy atom. The molecule has 0 aromatic rings. The number of carbonyl (C=O) groups is 3. The Hall–Kier alpha value is -2.93. The highest BCUT2D eigenvalue weighted by molar-refractivity contribution is 5.73. The normalized spacial score (nSPS) is 25.5. The molecular weight excluding hydrogens is 1630 g/mol. The Bertz CT molecular complexity index is 2990. The van der Waals surface area contributed by atoms with Crippen molar-refractivity contribution >= 4 is 18.0 Å². The topological polar surface area (TPSA) is 336 Å². The van der Waals surface area contributed by atoms with Gasteiger partial charge in [0.15, 0.2) is 6.10 Å². The molecule has 129 heavy (non-hydrogen) atoms. The lowest BCUT2D eigenvalue weighted by molar-refractivity contribution is -0.158. The molecule has 29 heteroatoms. The fourth-order valence-electron chi connectivity index (χ4n) is 16.6. The fourth-order valence-corrected chi connectivity index (χ4v) is 16.6. The number of piperazine rings is 1. The molecule has 1 amide bonds. The Morgan fingerprint density at radius 2 is 0.876 bits per heavy atom. The molecule has 7 atom stereocenters. The maximum absolute atomic E-state index is 11.1. The first-order chi connectivity index (χ1) is 58.9. The number of amides is 1. The lowest BCUT2D eigenvalue weighted by Gasteiger charge is -2.46. The second kappa shape index (κ2) is 56.8. The number of alkyl carbamates (subject to hydrolysis) is 1. The van der Waals surface area contributed by atoms with Crippen molar-refractivity contribution in [2.75, 3.05) is 210 Å². The van der Waals surface area contributed by atoms with Gasteiger partial charge in [0.25, 0.3) is 0 Å². The van der Waals surface area contributed by atoms with Crippen LogP contribution in [0.1, 0.15) is 287 Å². The van der Waals surface area contributed by atoms with E-state index in [0.29, 0.717) is 66.0 Å². The van der Waals surface area contributed by atoms with Gasteiger partial charge in [-0.15, -0.1) is 0 Å². The van der Waals surface area contributed by atoms with Crippen LogP contribution < -0.4 is 32.7 Å². The molecule has 7 unspecified atom stereocenters. The number of carbonyl (C=O) groups excluding carboxylic acids is 1. The first-order valence-corrected chi connectivity index (χ1v) is 49.5. The number of aliphatic carboxylic acids is 2. The standard InChI is InChI=1S/C11H22N2O3.C10H21N.C10H19N.2C9H20N2O.2C9H20N2.C9H17NO3.C9H19NO2.C8H15NO2.C7H16N2/c1-11(2,3)13-6-8(5-9(13)7-14)12-10(15)16-4;2*1-9-5-7-11(8-6-9)10(2,3)4;1-9(2,3)11-5-4-10-8(6-11)7-12;1-9(2,3)11-5-4-10-6-8(12)7-11;1-9(2,3)11-7-4-5-10-6-8-11;1-9(2,3)11-6-4-5-8(10)7-11;1-9(2,3)10-4-5-13-7(6-10)8(11)12;1-9(2,3)10-4-5-12-8(6-10)7-11;1-8(2,3)9-4-6(5-9)7(10)11;1-7(2,3)9-4-6(8)5-9/h8-9,14H,5-7H2,1-4H3,(H,12,15);9H,5-8H2,1-4H3;5H,6-8H2,1-4H3;2*8,10,12H,4-7H2,1-3H3;10H,4-8H2,1-3H3;8H,4-7,10H2,1-3H3;7H,4-6H2,1-3H3,(H,11,12);8,11H,4-7H2,1-3H3;6H,4-5H2,1-3H3,(H,10,11);6H,4-5,8H2,1-3H3. The number of aliphatic hydroxyl groups is 4. The molecule has 11 aliphatic heterocycles. The molecule has 0 radical (unpaired) electrons. The van der Waals surface area contributed by atoms with Crippen molar-refractivity contribution in [1.82, 2.24) is 75.2 Å². The first-order valence-electron chi connectivity index (χ1n) is 49.5. The zero-order valence-electron chi connectivity index (χ0n) is 89.9. The third-order valence-electron chi connectivity index (χ3n) is 26.2. The molecule has 0 aliphatic carbocycles. The highest BCUT2D eigenvalue weighted by Gasteiger charge is 2.41. The Balaban J connectivity index is 0.000000711. The summed E-state index contributed by atoms with van der Waals surface area (Å²) < 4.78 is 15.1. The van der Waals surface area contributed by atoms with Crippen LogP contribution in [0.25, 0.3) is 0 Å². The minimum atomic E-state index is -0.867. The summed E-state index contributed by atoms with van der Waals surface area (Å²) in [6.45, 7) is 105. The molecule has 0 aromatic carbocycles. The van der Waals surface area contributed by atoms with Gasteiger partial charge in [-0.1, -0.05) is 18.6 Å². The van der Waals surface area contributed by atoms with E-state index in [1.165, 1.54) is 91.4 Å². The number of hydrogen-bond donors (Lipinski definition) is 12. The van der Waals surface area contributed by atoms with E-state index >= 15 is 0 Å². The smallest absolute Gasteiger partial charge is 0.407 e. The highest BCUT2D eigenvalue weighted by atomic mass is 16.5. The van der Waals surface area contributed by atoms with E-state index < -0.39 is 24.1 Å². The maximum atomic E-state index is 11.1. The third kappa shape index (κ3) is 51.9. The van der Waals surface area contributed by atoms with Crippen LogP contribution in [0.4, 0.5) is 4.79 Å². The van der Waals surface area contributed by atoms with Crippen molar-refractivity contribution in [2.24, 2.45) is 23.3 Å². The van der Waals surface area contributed by atoms with Crippen LogP contribution in [-0.2, 0) is 23.8 Å². The summed E-state index contributed by atoms with van der Waals surface area (Å²) in [7, 11) is 1.36. The van der Waals surface area contributed by atoms with Crippen LogP contribution in [0.2, 0.25) is 0 Å². The minimum absolute atomic E-state index is 0.0000535. The van der Waals surface area contributed by atoms with Gasteiger partial charge in [-0.25, -0.2) is 9.59 Å². The van der Waals surface area contributed by atoms with Crippen molar-refractivity contribution in [3.05, 3.63) is 11.6 Å². The average Bonchev–Trinajstić information content (AvgIpc) is 1.63. The first kappa shape index (κ1) is 124. The molecule has 0 saturated carbocycles. The summed E-state index contributed by atoms with van der Waals surface area (Å²) >= 11 is 0. The molecule has 766 valence electrons. The summed E-state index contributed by atoms with van der Waals surface area (Å²) in [4.78, 5) is 58.3. The zero-order valence-corrected chi connectivity index (χ0v) is 89.9. The van der Waals surface area contributed by atoms with E-state index in [2.05, 4.69) is 328 Å². The number of hydrogen-bond acceptors (Lipinski definition) is 26. The average molecular weight is 1840 g/mol. The monoisotopic (exact) mass is 1840 g/mol. The number of methoxy groups -OCH3 is 1. The van der Waals surface area contributed by atoms with Crippen molar-refractivity contribution in [3.8, 4) is 0 Å². The summed E-state index contributed by atoms with van der Waals surface area (Å²) in [5.74, 6) is -0.706. The number of piperidine rings is 2.